The van der Waals surface area contributed by atoms with Gasteiger partial charge in [0.05, 0.1) is 0 Å². The van der Waals surface area contributed by atoms with Crippen LogP contribution in [0.3, 0.4) is 0 Å². The SMILES string of the molecule is CC(N)CN1C(=O)CCSCC1C. The molecule has 0 spiro atoms. The molecule has 0 aromatic rings. The summed E-state index contributed by atoms with van der Waals surface area (Å²) in [4.78, 5) is 13.5. The molecule has 13 heavy (non-hydrogen) atoms. The quantitative estimate of drug-likeness (QED) is 0.716. The molecule has 2 N–H and O–H groups in total. The van der Waals surface area contributed by atoms with Crippen LogP contribution in [0.2, 0.25) is 0 Å². The number of carbonyl (C=O) groups excluding carboxylic acids is 1. The minimum absolute atomic E-state index is 0.0782. The molecule has 0 aliphatic carbocycles. The molecule has 0 aromatic heterocycles. The summed E-state index contributed by atoms with van der Waals surface area (Å²) < 4.78 is 0. The van der Waals surface area contributed by atoms with Gasteiger partial charge in [-0.3, -0.25) is 4.79 Å². The second kappa shape index (κ2) is 4.86. The van der Waals surface area contributed by atoms with Crippen molar-refractivity contribution >= 4 is 17.7 Å². The van der Waals surface area contributed by atoms with Crippen LogP contribution in [0.25, 0.3) is 0 Å². The number of hydrogen-bond acceptors (Lipinski definition) is 3. The lowest BCUT2D eigenvalue weighted by Gasteiger charge is -2.28. The molecule has 0 radical (unpaired) electrons. The van der Waals surface area contributed by atoms with E-state index < -0.39 is 0 Å². The van der Waals surface area contributed by atoms with E-state index in [2.05, 4.69) is 6.92 Å². The van der Waals surface area contributed by atoms with Crippen molar-refractivity contribution < 1.29 is 4.79 Å². The highest BCUT2D eigenvalue weighted by molar-refractivity contribution is 7.99. The highest BCUT2D eigenvalue weighted by atomic mass is 32.2. The Balaban J connectivity index is 2.58. The molecular weight excluding hydrogens is 184 g/mol. The van der Waals surface area contributed by atoms with E-state index in [1.54, 1.807) is 0 Å². The minimum atomic E-state index is 0.0782. The van der Waals surface area contributed by atoms with Gasteiger partial charge in [0.15, 0.2) is 0 Å². The van der Waals surface area contributed by atoms with Gasteiger partial charge in [0.1, 0.15) is 0 Å². The Morgan fingerprint density at radius 2 is 2.46 bits per heavy atom. The Bertz CT molecular complexity index is 184. The van der Waals surface area contributed by atoms with Crippen molar-refractivity contribution in [2.45, 2.75) is 32.4 Å². The molecule has 2 atom stereocenters. The highest BCUT2D eigenvalue weighted by Crippen LogP contribution is 2.16. The molecule has 4 heteroatoms. The van der Waals surface area contributed by atoms with Crippen LogP contribution in [0.5, 0.6) is 0 Å². The number of hydrogen-bond donors (Lipinski definition) is 1. The largest absolute Gasteiger partial charge is 0.338 e. The number of thioether (sulfide) groups is 1. The van der Waals surface area contributed by atoms with Crippen LogP contribution in [0.4, 0.5) is 0 Å². The third-order valence-electron chi connectivity index (χ3n) is 2.16. The van der Waals surface area contributed by atoms with Gasteiger partial charge >= 0.3 is 0 Å². The van der Waals surface area contributed by atoms with Gasteiger partial charge in [0, 0.05) is 36.6 Å². The Hall–Kier alpha value is -0.220. The van der Waals surface area contributed by atoms with Crippen LogP contribution in [-0.2, 0) is 4.79 Å². The van der Waals surface area contributed by atoms with E-state index in [0.29, 0.717) is 19.0 Å². The lowest BCUT2D eigenvalue weighted by Crippen LogP contribution is -2.44. The summed E-state index contributed by atoms with van der Waals surface area (Å²) in [7, 11) is 0. The molecule has 1 amide bonds. The van der Waals surface area contributed by atoms with Gasteiger partial charge < -0.3 is 10.6 Å². The Labute approximate surface area is 84.0 Å². The zero-order valence-electron chi connectivity index (χ0n) is 8.32. The fraction of sp³-hybridized carbons (Fsp3) is 0.889. The molecule has 0 bridgehead atoms. The van der Waals surface area contributed by atoms with Crippen molar-refractivity contribution in [2.75, 3.05) is 18.1 Å². The number of nitrogens with zero attached hydrogens (tertiary/aromatic N) is 1. The predicted octanol–water partition coefficient (Wildman–Crippen LogP) is 0.688. The lowest BCUT2D eigenvalue weighted by atomic mass is 10.2. The first kappa shape index (κ1) is 10.9. The van der Waals surface area contributed by atoms with Crippen LogP contribution in [-0.4, -0.2) is 40.9 Å². The Morgan fingerprint density at radius 1 is 1.77 bits per heavy atom. The highest BCUT2D eigenvalue weighted by Gasteiger charge is 2.23. The summed E-state index contributed by atoms with van der Waals surface area (Å²) in [5.41, 5.74) is 5.70. The molecule has 2 unspecified atom stereocenters. The van der Waals surface area contributed by atoms with E-state index in [9.17, 15) is 4.79 Å². The second-order valence-corrected chi connectivity index (χ2v) is 4.85. The second-order valence-electron chi connectivity index (χ2n) is 3.70. The van der Waals surface area contributed by atoms with Gasteiger partial charge in [-0.2, -0.15) is 11.8 Å². The maximum Gasteiger partial charge on any atom is 0.223 e. The first-order valence-electron chi connectivity index (χ1n) is 4.74. The molecule has 1 rings (SSSR count). The summed E-state index contributed by atoms with van der Waals surface area (Å²) in [6.45, 7) is 4.73. The molecule has 0 saturated carbocycles. The van der Waals surface area contributed by atoms with Crippen molar-refractivity contribution in [1.82, 2.24) is 4.90 Å². The maximum atomic E-state index is 11.6. The fourth-order valence-corrected chi connectivity index (χ4v) is 2.49. The number of rotatable bonds is 2. The molecule has 1 aliphatic heterocycles. The van der Waals surface area contributed by atoms with E-state index in [-0.39, 0.29) is 11.9 Å². The summed E-state index contributed by atoms with van der Waals surface area (Å²) in [6, 6.07) is 0.417. The van der Waals surface area contributed by atoms with Crippen molar-refractivity contribution in [3.8, 4) is 0 Å². The van der Waals surface area contributed by atoms with E-state index >= 15 is 0 Å². The molecular formula is C9H18N2OS. The third kappa shape index (κ3) is 3.19. The molecule has 1 heterocycles. The first-order valence-corrected chi connectivity index (χ1v) is 5.89. The number of amides is 1. The summed E-state index contributed by atoms with van der Waals surface area (Å²) >= 11 is 1.86. The molecule has 1 saturated heterocycles. The topological polar surface area (TPSA) is 46.3 Å². The normalized spacial score (nSPS) is 27.2. The van der Waals surface area contributed by atoms with Crippen molar-refractivity contribution in [3.63, 3.8) is 0 Å². The minimum Gasteiger partial charge on any atom is -0.338 e. The molecule has 3 nitrogen and oxygen atoms in total. The van der Waals surface area contributed by atoms with Gasteiger partial charge in [-0.25, -0.2) is 0 Å². The summed E-state index contributed by atoms with van der Waals surface area (Å²) in [6.07, 6.45) is 0.668. The lowest BCUT2D eigenvalue weighted by molar-refractivity contribution is -0.132. The standard InChI is InChI=1S/C9H18N2OS/c1-7(10)5-11-8(2)6-13-4-3-9(11)12/h7-8H,3-6,10H2,1-2H3. The van der Waals surface area contributed by atoms with Crippen LogP contribution < -0.4 is 5.73 Å². The van der Waals surface area contributed by atoms with Crippen molar-refractivity contribution in [1.29, 1.82) is 0 Å². The zero-order valence-corrected chi connectivity index (χ0v) is 9.14. The van der Waals surface area contributed by atoms with Gasteiger partial charge in [0.25, 0.3) is 0 Å². The smallest absolute Gasteiger partial charge is 0.223 e. The van der Waals surface area contributed by atoms with Gasteiger partial charge in [-0.05, 0) is 13.8 Å². The molecule has 0 aromatic carbocycles. The van der Waals surface area contributed by atoms with Crippen LogP contribution in [0, 0.1) is 0 Å². The summed E-state index contributed by atoms with van der Waals surface area (Å²) in [5.74, 6) is 2.26. The number of carbonyl (C=O) groups is 1. The van der Waals surface area contributed by atoms with Crippen LogP contribution in [0.15, 0.2) is 0 Å². The molecule has 76 valence electrons. The van der Waals surface area contributed by atoms with Gasteiger partial charge in [-0.15, -0.1) is 0 Å². The summed E-state index contributed by atoms with van der Waals surface area (Å²) in [5, 5.41) is 0. The third-order valence-corrected chi connectivity index (χ3v) is 3.37. The molecule has 1 aliphatic rings. The number of nitrogens with two attached hydrogens (primary N) is 1. The molecule has 1 fully saturated rings. The zero-order chi connectivity index (χ0) is 9.84. The first-order chi connectivity index (χ1) is 6.11. The predicted molar refractivity (Wildman–Crippen MR) is 56.8 cm³/mol. The van der Waals surface area contributed by atoms with E-state index in [4.69, 9.17) is 5.73 Å². The van der Waals surface area contributed by atoms with Crippen LogP contribution in [0.1, 0.15) is 20.3 Å². The van der Waals surface area contributed by atoms with Crippen molar-refractivity contribution in [3.05, 3.63) is 0 Å². The van der Waals surface area contributed by atoms with E-state index in [1.165, 1.54) is 0 Å². The van der Waals surface area contributed by atoms with Gasteiger partial charge in [0.2, 0.25) is 5.91 Å². The van der Waals surface area contributed by atoms with E-state index in [0.717, 1.165) is 11.5 Å². The average molecular weight is 202 g/mol. The Morgan fingerprint density at radius 3 is 3.08 bits per heavy atom. The maximum absolute atomic E-state index is 11.6. The van der Waals surface area contributed by atoms with Crippen molar-refractivity contribution in [2.24, 2.45) is 5.73 Å². The van der Waals surface area contributed by atoms with Crippen LogP contribution >= 0.6 is 11.8 Å². The monoisotopic (exact) mass is 202 g/mol. The average Bonchev–Trinajstić information content (AvgIpc) is 2.18. The van der Waals surface area contributed by atoms with E-state index in [1.807, 2.05) is 23.6 Å². The Kier molecular flexibility index (Phi) is 4.06. The van der Waals surface area contributed by atoms with Gasteiger partial charge in [-0.1, -0.05) is 0 Å². The fourth-order valence-electron chi connectivity index (χ4n) is 1.48.